The van der Waals surface area contributed by atoms with Gasteiger partial charge in [-0.05, 0) is 35.7 Å². The van der Waals surface area contributed by atoms with Gasteiger partial charge < -0.3 is 9.84 Å². The number of likely N-dealkylation sites (tertiary alicyclic amines) is 1. The van der Waals surface area contributed by atoms with E-state index < -0.39 is 15.9 Å². The lowest BCUT2D eigenvalue weighted by atomic mass is 9.99. The van der Waals surface area contributed by atoms with Gasteiger partial charge in [0.2, 0.25) is 0 Å². The average Bonchev–Trinajstić information content (AvgIpc) is 2.99. The van der Waals surface area contributed by atoms with Crippen molar-refractivity contribution in [3.63, 3.8) is 0 Å². The summed E-state index contributed by atoms with van der Waals surface area (Å²) < 4.78 is 28.9. The molecule has 1 N–H and O–H groups in total. The van der Waals surface area contributed by atoms with Crippen LogP contribution >= 0.6 is 0 Å². The van der Waals surface area contributed by atoms with Crippen LogP contribution in [0.4, 0.5) is 0 Å². The van der Waals surface area contributed by atoms with Crippen LogP contribution in [0.5, 0.6) is 5.75 Å². The highest BCUT2D eigenvalue weighted by Crippen LogP contribution is 2.26. The Bertz CT molecular complexity index is 836. The van der Waals surface area contributed by atoms with Crippen LogP contribution in [0, 0.1) is 11.8 Å². The Morgan fingerprint density at radius 2 is 1.78 bits per heavy atom. The number of β-amino-alcohol motifs (C(OH)–C–C–N with tert-alkyl or cyclic N) is 1. The van der Waals surface area contributed by atoms with Crippen LogP contribution in [0.3, 0.4) is 0 Å². The molecule has 0 spiro atoms. The van der Waals surface area contributed by atoms with Crippen LogP contribution < -0.4 is 4.74 Å². The summed E-state index contributed by atoms with van der Waals surface area (Å²) in [4.78, 5) is 2.58. The Morgan fingerprint density at radius 3 is 2.41 bits per heavy atom. The zero-order valence-corrected chi connectivity index (χ0v) is 16.6. The quantitative estimate of drug-likeness (QED) is 0.789. The van der Waals surface area contributed by atoms with Crippen LogP contribution in [0.2, 0.25) is 0 Å². The number of hydrogen-bond acceptors (Lipinski definition) is 5. The van der Waals surface area contributed by atoms with Gasteiger partial charge in [0.1, 0.15) is 5.75 Å². The summed E-state index contributed by atoms with van der Waals surface area (Å²) in [5.41, 5.74) is 0.941. The molecule has 1 heterocycles. The maximum Gasteiger partial charge on any atom is 0.175 e. The van der Waals surface area contributed by atoms with E-state index in [4.69, 9.17) is 4.74 Å². The largest absolute Gasteiger partial charge is 0.493 e. The minimum absolute atomic E-state index is 0.296. The average molecular weight is 390 g/mol. The number of aliphatic hydroxyl groups excluding tert-OH is 1. The molecule has 0 bridgehead atoms. The first-order chi connectivity index (χ1) is 12.8. The van der Waals surface area contributed by atoms with E-state index in [2.05, 4.69) is 11.8 Å². The minimum Gasteiger partial charge on any atom is -0.493 e. The second-order valence-corrected chi connectivity index (χ2v) is 9.45. The van der Waals surface area contributed by atoms with Gasteiger partial charge in [0.15, 0.2) is 9.84 Å². The molecule has 2 aromatic rings. The first-order valence-electron chi connectivity index (χ1n) is 9.21. The van der Waals surface area contributed by atoms with Gasteiger partial charge in [-0.1, -0.05) is 37.3 Å². The monoisotopic (exact) mass is 389 g/mol. The highest BCUT2D eigenvalue weighted by atomic mass is 32.2. The SMILES string of the molecule is C[C@@H]1CN(CC(O)c2ccccc2)C[C@H]1COc1ccc(S(C)(=O)=O)cc1. The first kappa shape index (κ1) is 19.9. The summed E-state index contributed by atoms with van der Waals surface area (Å²) in [5, 5.41) is 10.4. The molecule has 0 radical (unpaired) electrons. The number of hydrogen-bond donors (Lipinski definition) is 1. The molecule has 1 saturated heterocycles. The topological polar surface area (TPSA) is 66.8 Å². The molecule has 0 aromatic heterocycles. The number of benzene rings is 2. The lowest BCUT2D eigenvalue weighted by molar-refractivity contribution is 0.121. The van der Waals surface area contributed by atoms with Gasteiger partial charge in [0, 0.05) is 31.8 Å². The number of aliphatic hydroxyl groups is 1. The van der Waals surface area contributed by atoms with Gasteiger partial charge in [-0.25, -0.2) is 8.42 Å². The van der Waals surface area contributed by atoms with Crippen LogP contribution in [0.15, 0.2) is 59.5 Å². The van der Waals surface area contributed by atoms with Crippen LogP contribution in [0.25, 0.3) is 0 Å². The summed E-state index contributed by atoms with van der Waals surface area (Å²) in [7, 11) is -3.19. The molecule has 3 rings (SSSR count). The minimum atomic E-state index is -3.19. The van der Waals surface area contributed by atoms with E-state index in [1.54, 1.807) is 24.3 Å². The molecule has 3 atom stereocenters. The normalized spacial score (nSPS) is 21.9. The predicted molar refractivity (Wildman–Crippen MR) is 106 cm³/mol. The molecule has 1 aliphatic rings. The van der Waals surface area contributed by atoms with Crippen molar-refractivity contribution in [2.24, 2.45) is 11.8 Å². The Morgan fingerprint density at radius 1 is 1.11 bits per heavy atom. The number of rotatable bonds is 7. The van der Waals surface area contributed by atoms with Gasteiger partial charge in [-0.2, -0.15) is 0 Å². The fourth-order valence-corrected chi connectivity index (χ4v) is 4.15. The maximum absolute atomic E-state index is 11.5. The fourth-order valence-electron chi connectivity index (χ4n) is 3.52. The zero-order chi connectivity index (χ0) is 19.4. The lowest BCUT2D eigenvalue weighted by Crippen LogP contribution is -2.27. The third kappa shape index (κ3) is 5.31. The first-order valence-corrected chi connectivity index (χ1v) is 11.1. The molecule has 1 aliphatic heterocycles. The van der Waals surface area contributed by atoms with E-state index in [-0.39, 0.29) is 0 Å². The predicted octanol–water partition coefficient (Wildman–Crippen LogP) is 2.77. The smallest absolute Gasteiger partial charge is 0.175 e. The van der Waals surface area contributed by atoms with Gasteiger partial charge in [0.05, 0.1) is 17.6 Å². The second kappa shape index (κ2) is 8.42. The molecule has 0 amide bonds. The van der Waals surface area contributed by atoms with Crippen molar-refractivity contribution in [3.8, 4) is 5.75 Å². The molecular weight excluding hydrogens is 362 g/mol. The molecule has 0 aliphatic carbocycles. The summed E-state index contributed by atoms with van der Waals surface area (Å²) in [6.07, 6.45) is 0.711. The number of ether oxygens (including phenoxy) is 1. The van der Waals surface area contributed by atoms with Gasteiger partial charge in [0.25, 0.3) is 0 Å². The molecule has 6 heteroatoms. The van der Waals surface area contributed by atoms with Crippen molar-refractivity contribution >= 4 is 9.84 Å². The van der Waals surface area contributed by atoms with Crippen molar-refractivity contribution < 1.29 is 18.3 Å². The van der Waals surface area contributed by atoms with Crippen molar-refractivity contribution in [1.29, 1.82) is 0 Å². The van der Waals surface area contributed by atoms with Crippen LogP contribution in [-0.4, -0.2) is 50.9 Å². The molecule has 27 heavy (non-hydrogen) atoms. The molecule has 146 valence electrons. The summed E-state index contributed by atoms with van der Waals surface area (Å²) in [6, 6.07) is 16.3. The van der Waals surface area contributed by atoms with Gasteiger partial charge >= 0.3 is 0 Å². The standard InChI is InChI=1S/C21H27NO4S/c1-16-12-22(14-21(23)17-6-4-3-5-7-17)13-18(16)15-26-19-8-10-20(11-9-19)27(2,24)25/h3-11,16,18,21,23H,12-15H2,1-2H3/t16-,18+,21?/m1/s1. The Balaban J connectivity index is 1.51. The van der Waals surface area contributed by atoms with E-state index in [0.717, 1.165) is 18.7 Å². The Hall–Kier alpha value is -1.89. The third-order valence-electron chi connectivity index (χ3n) is 5.18. The summed E-state index contributed by atoms with van der Waals surface area (Å²) in [6.45, 7) is 5.22. The fraction of sp³-hybridized carbons (Fsp3) is 0.429. The lowest BCUT2D eigenvalue weighted by Gasteiger charge is -2.20. The zero-order valence-electron chi connectivity index (χ0n) is 15.8. The van der Waals surface area contributed by atoms with E-state index in [0.29, 0.717) is 35.6 Å². The number of sulfone groups is 1. The van der Waals surface area contributed by atoms with Crippen LogP contribution in [-0.2, 0) is 9.84 Å². The van der Waals surface area contributed by atoms with E-state index in [1.807, 2.05) is 30.3 Å². The van der Waals surface area contributed by atoms with Gasteiger partial charge in [-0.3, -0.25) is 4.90 Å². The molecular formula is C21H27NO4S. The summed E-state index contributed by atoms with van der Waals surface area (Å²) >= 11 is 0. The Kier molecular flexibility index (Phi) is 6.19. The van der Waals surface area contributed by atoms with E-state index in [9.17, 15) is 13.5 Å². The third-order valence-corrected chi connectivity index (χ3v) is 6.30. The maximum atomic E-state index is 11.5. The molecule has 1 unspecified atom stereocenters. The van der Waals surface area contributed by atoms with Crippen molar-refractivity contribution in [2.75, 3.05) is 32.5 Å². The van der Waals surface area contributed by atoms with E-state index in [1.165, 1.54) is 6.26 Å². The Labute approximate surface area is 161 Å². The highest BCUT2D eigenvalue weighted by Gasteiger charge is 2.31. The molecule has 0 saturated carbocycles. The van der Waals surface area contributed by atoms with Crippen molar-refractivity contribution in [1.82, 2.24) is 4.90 Å². The molecule has 1 fully saturated rings. The second-order valence-electron chi connectivity index (χ2n) is 7.44. The van der Waals surface area contributed by atoms with Crippen molar-refractivity contribution in [2.45, 2.75) is 17.9 Å². The summed E-state index contributed by atoms with van der Waals surface area (Å²) in [5.74, 6) is 1.53. The van der Waals surface area contributed by atoms with Crippen molar-refractivity contribution in [3.05, 3.63) is 60.2 Å². The highest BCUT2D eigenvalue weighted by molar-refractivity contribution is 7.90. The van der Waals surface area contributed by atoms with Gasteiger partial charge in [-0.15, -0.1) is 0 Å². The van der Waals surface area contributed by atoms with Crippen LogP contribution in [0.1, 0.15) is 18.6 Å². The molecule has 2 aromatic carbocycles. The number of nitrogens with zero attached hydrogens (tertiary/aromatic N) is 1. The molecule has 5 nitrogen and oxygen atoms in total. The van der Waals surface area contributed by atoms with E-state index >= 15 is 0 Å².